The number of hydrogen-bond acceptors (Lipinski definition) is 4. The molecule has 3 N–H and O–H groups in total. The van der Waals surface area contributed by atoms with Crippen LogP contribution in [-0.4, -0.2) is 56.9 Å². The van der Waals surface area contributed by atoms with Gasteiger partial charge in [-0.15, -0.1) is 0 Å². The summed E-state index contributed by atoms with van der Waals surface area (Å²) in [6.07, 6.45) is 4.90. The van der Waals surface area contributed by atoms with Gasteiger partial charge in [-0.2, -0.15) is 0 Å². The summed E-state index contributed by atoms with van der Waals surface area (Å²) in [6.45, 7) is 7.45. The molecule has 1 saturated heterocycles. The van der Waals surface area contributed by atoms with Gasteiger partial charge < -0.3 is 15.8 Å². The number of hydrogen-bond donors (Lipinski definition) is 2. The smallest absolute Gasteiger partial charge is 0.0615 e. The number of nitrogens with one attached hydrogen (secondary N) is 1. The molecule has 0 aromatic heterocycles. The minimum atomic E-state index is 0.452. The summed E-state index contributed by atoms with van der Waals surface area (Å²) in [4.78, 5) is 2.57. The summed E-state index contributed by atoms with van der Waals surface area (Å²) in [6, 6.07) is 1.09. The first-order valence-electron chi connectivity index (χ1n) is 6.94. The van der Waals surface area contributed by atoms with Crippen molar-refractivity contribution in [2.24, 2.45) is 5.73 Å². The SMILES string of the molecule is COCC(CCCN)NCC(C)N1CCCC1. The second-order valence-corrected chi connectivity index (χ2v) is 5.08. The lowest BCUT2D eigenvalue weighted by molar-refractivity contribution is 0.154. The minimum Gasteiger partial charge on any atom is -0.383 e. The van der Waals surface area contributed by atoms with Crippen LogP contribution in [0.3, 0.4) is 0 Å². The van der Waals surface area contributed by atoms with Gasteiger partial charge in [-0.05, 0) is 52.2 Å². The van der Waals surface area contributed by atoms with Crippen molar-refractivity contribution in [2.45, 2.75) is 44.7 Å². The normalized spacial score (nSPS) is 20.6. The molecule has 2 unspecified atom stereocenters. The van der Waals surface area contributed by atoms with Gasteiger partial charge in [0.2, 0.25) is 0 Å². The molecule has 2 atom stereocenters. The molecule has 1 aliphatic rings. The highest BCUT2D eigenvalue weighted by molar-refractivity contribution is 4.77. The molecule has 1 aliphatic heterocycles. The van der Waals surface area contributed by atoms with E-state index in [1.807, 2.05) is 0 Å². The maximum absolute atomic E-state index is 5.55. The predicted octanol–water partition coefficient (Wildman–Crippen LogP) is 0.814. The molecule has 102 valence electrons. The van der Waals surface area contributed by atoms with Crippen molar-refractivity contribution in [2.75, 3.05) is 39.9 Å². The van der Waals surface area contributed by atoms with Crippen LogP contribution < -0.4 is 11.1 Å². The van der Waals surface area contributed by atoms with Crippen LogP contribution in [0.15, 0.2) is 0 Å². The number of rotatable bonds is 9. The topological polar surface area (TPSA) is 50.5 Å². The predicted molar refractivity (Wildman–Crippen MR) is 72.2 cm³/mol. The monoisotopic (exact) mass is 243 g/mol. The highest BCUT2D eigenvalue weighted by Crippen LogP contribution is 2.11. The highest BCUT2D eigenvalue weighted by Gasteiger charge is 2.18. The molecule has 1 fully saturated rings. The second-order valence-electron chi connectivity index (χ2n) is 5.08. The van der Waals surface area contributed by atoms with Crippen molar-refractivity contribution >= 4 is 0 Å². The Balaban J connectivity index is 2.19. The highest BCUT2D eigenvalue weighted by atomic mass is 16.5. The van der Waals surface area contributed by atoms with Gasteiger partial charge in [-0.25, -0.2) is 0 Å². The molecule has 17 heavy (non-hydrogen) atoms. The molecule has 4 nitrogen and oxygen atoms in total. The van der Waals surface area contributed by atoms with Crippen LogP contribution in [-0.2, 0) is 4.74 Å². The molecule has 0 aromatic rings. The van der Waals surface area contributed by atoms with Gasteiger partial charge in [0.25, 0.3) is 0 Å². The van der Waals surface area contributed by atoms with Gasteiger partial charge >= 0.3 is 0 Å². The van der Waals surface area contributed by atoms with E-state index < -0.39 is 0 Å². The van der Waals surface area contributed by atoms with E-state index in [1.165, 1.54) is 25.9 Å². The number of nitrogens with zero attached hydrogens (tertiary/aromatic N) is 1. The fourth-order valence-electron chi connectivity index (χ4n) is 2.46. The molecule has 1 heterocycles. The average Bonchev–Trinajstić information content (AvgIpc) is 2.86. The fraction of sp³-hybridized carbons (Fsp3) is 1.00. The summed E-state index contributed by atoms with van der Waals surface area (Å²) < 4.78 is 5.24. The molecule has 0 radical (unpaired) electrons. The quantitative estimate of drug-likeness (QED) is 0.629. The van der Waals surface area contributed by atoms with E-state index in [2.05, 4.69) is 17.1 Å². The van der Waals surface area contributed by atoms with Gasteiger partial charge in [-0.1, -0.05) is 0 Å². The molecule has 0 spiro atoms. The van der Waals surface area contributed by atoms with Gasteiger partial charge in [0.05, 0.1) is 6.61 Å². The Labute approximate surface area is 106 Å². The summed E-state index contributed by atoms with van der Waals surface area (Å²) in [5.41, 5.74) is 5.55. The van der Waals surface area contributed by atoms with Crippen LogP contribution in [0.25, 0.3) is 0 Å². The molecular weight excluding hydrogens is 214 g/mol. The molecular formula is C13H29N3O. The Morgan fingerprint density at radius 2 is 2.06 bits per heavy atom. The van der Waals surface area contributed by atoms with Gasteiger partial charge in [0, 0.05) is 25.7 Å². The van der Waals surface area contributed by atoms with Crippen LogP contribution in [0, 0.1) is 0 Å². The molecule has 0 aromatic carbocycles. The molecule has 1 rings (SSSR count). The first-order valence-corrected chi connectivity index (χ1v) is 6.94. The van der Waals surface area contributed by atoms with Crippen LogP contribution in [0.2, 0.25) is 0 Å². The zero-order valence-electron chi connectivity index (χ0n) is 11.5. The largest absolute Gasteiger partial charge is 0.383 e. The first kappa shape index (κ1) is 14.9. The lowest BCUT2D eigenvalue weighted by atomic mass is 10.1. The van der Waals surface area contributed by atoms with E-state index in [-0.39, 0.29) is 0 Å². The standard InChI is InChI=1S/C13H29N3O/c1-12(16-8-3-4-9-16)10-15-13(11-17-2)6-5-7-14/h12-13,15H,3-11,14H2,1-2H3. The van der Waals surface area contributed by atoms with Crippen LogP contribution in [0.1, 0.15) is 32.6 Å². The number of nitrogens with two attached hydrogens (primary N) is 1. The lowest BCUT2D eigenvalue weighted by Crippen LogP contribution is -2.43. The molecule has 0 saturated carbocycles. The first-order chi connectivity index (χ1) is 8.27. The average molecular weight is 243 g/mol. The molecule has 0 aliphatic carbocycles. The van der Waals surface area contributed by atoms with Crippen molar-refractivity contribution in [3.8, 4) is 0 Å². The molecule has 0 bridgehead atoms. The van der Waals surface area contributed by atoms with Gasteiger partial charge in [-0.3, -0.25) is 4.90 Å². The number of methoxy groups -OCH3 is 1. The van der Waals surface area contributed by atoms with Gasteiger partial charge in [0.15, 0.2) is 0 Å². The van der Waals surface area contributed by atoms with Crippen LogP contribution in [0.4, 0.5) is 0 Å². The van der Waals surface area contributed by atoms with E-state index in [1.54, 1.807) is 7.11 Å². The fourth-order valence-corrected chi connectivity index (χ4v) is 2.46. The Kier molecular flexibility index (Phi) is 7.77. The van der Waals surface area contributed by atoms with E-state index in [4.69, 9.17) is 10.5 Å². The van der Waals surface area contributed by atoms with Crippen LogP contribution in [0.5, 0.6) is 0 Å². The van der Waals surface area contributed by atoms with Crippen molar-refractivity contribution in [3.05, 3.63) is 0 Å². The maximum Gasteiger partial charge on any atom is 0.0615 e. The third kappa shape index (κ3) is 5.82. The summed E-state index contributed by atoms with van der Waals surface area (Å²) in [5, 5.41) is 3.61. The zero-order valence-corrected chi connectivity index (χ0v) is 11.5. The Morgan fingerprint density at radius 1 is 1.35 bits per heavy atom. The Bertz CT molecular complexity index is 184. The van der Waals surface area contributed by atoms with E-state index in [0.29, 0.717) is 12.1 Å². The zero-order chi connectivity index (χ0) is 12.5. The van der Waals surface area contributed by atoms with Crippen LogP contribution >= 0.6 is 0 Å². The minimum absolute atomic E-state index is 0.452. The lowest BCUT2D eigenvalue weighted by Gasteiger charge is -2.26. The van der Waals surface area contributed by atoms with E-state index in [9.17, 15) is 0 Å². The van der Waals surface area contributed by atoms with Crippen molar-refractivity contribution in [1.82, 2.24) is 10.2 Å². The summed E-state index contributed by atoms with van der Waals surface area (Å²) in [5.74, 6) is 0. The van der Waals surface area contributed by atoms with Crippen molar-refractivity contribution in [1.29, 1.82) is 0 Å². The van der Waals surface area contributed by atoms with E-state index in [0.717, 1.165) is 32.5 Å². The van der Waals surface area contributed by atoms with Crippen molar-refractivity contribution < 1.29 is 4.74 Å². The number of ether oxygens (including phenoxy) is 1. The van der Waals surface area contributed by atoms with Gasteiger partial charge in [0.1, 0.15) is 0 Å². The molecule has 0 amide bonds. The number of likely N-dealkylation sites (tertiary alicyclic amines) is 1. The third-order valence-electron chi connectivity index (χ3n) is 3.59. The Hall–Kier alpha value is -0.160. The summed E-state index contributed by atoms with van der Waals surface area (Å²) in [7, 11) is 1.76. The Morgan fingerprint density at radius 3 is 2.65 bits per heavy atom. The molecule has 4 heteroatoms. The second kappa shape index (κ2) is 8.86. The summed E-state index contributed by atoms with van der Waals surface area (Å²) >= 11 is 0. The van der Waals surface area contributed by atoms with Crippen molar-refractivity contribution in [3.63, 3.8) is 0 Å². The maximum atomic E-state index is 5.55. The third-order valence-corrected chi connectivity index (χ3v) is 3.59. The van der Waals surface area contributed by atoms with E-state index >= 15 is 0 Å².